The second kappa shape index (κ2) is 15.2. The molecule has 1 saturated heterocycles. The van der Waals surface area contributed by atoms with Gasteiger partial charge in [-0.3, -0.25) is 9.62 Å². The number of aromatic nitrogens is 3. The Hall–Kier alpha value is -4.71. The number of methoxy groups -OCH3 is 1. The molecule has 3 heterocycles. The highest BCUT2D eigenvalue weighted by atomic mass is 32.2. The van der Waals surface area contributed by atoms with E-state index in [2.05, 4.69) is 24.8 Å². The van der Waals surface area contributed by atoms with Crippen LogP contribution in [0, 0.1) is 18.6 Å². The van der Waals surface area contributed by atoms with E-state index in [0.29, 0.717) is 46.8 Å². The molecule has 0 bridgehead atoms. The minimum Gasteiger partial charge on any atom is -0.494 e. The molecule has 17 heteroatoms. The zero-order chi connectivity index (χ0) is 38.2. The predicted octanol–water partition coefficient (Wildman–Crippen LogP) is 6.45. The van der Waals surface area contributed by atoms with Crippen molar-refractivity contribution in [1.82, 2.24) is 19.9 Å². The molecule has 0 unspecified atom stereocenters. The van der Waals surface area contributed by atoms with Gasteiger partial charge in [0.05, 0.1) is 39.8 Å². The van der Waals surface area contributed by atoms with Crippen LogP contribution >= 0.6 is 11.3 Å². The second-order valence-electron chi connectivity index (χ2n) is 13.4. The number of hydrogen-bond acceptors (Lipinski definition) is 12. The van der Waals surface area contributed by atoms with Gasteiger partial charge in [-0.15, -0.1) is 11.3 Å². The standard InChI is InChI=1S/C37H39F2N7O5S3/c1-23-20-30(32(51-2)22-31(23)46-16-14-45(15-17-46)18-19-53(3,47)48)42-37-40-13-12-29(41-37)34-33(43-36(52-34)24-10-11-24)25-6-4-7-26(21-25)44-54(49,50)35-27(38)8-5-9-28(35)39/h4-9,12-13,20-22,24,44H,10-11,14-19H2,1-3H3,(H,40,41,42). The number of rotatable bonds is 13. The van der Waals surface area contributed by atoms with Gasteiger partial charge in [-0.25, -0.2) is 40.6 Å². The molecule has 7 rings (SSSR count). The van der Waals surface area contributed by atoms with E-state index in [1.165, 1.54) is 23.7 Å². The van der Waals surface area contributed by atoms with E-state index in [0.717, 1.165) is 78.4 Å². The van der Waals surface area contributed by atoms with E-state index in [4.69, 9.17) is 14.7 Å². The van der Waals surface area contributed by atoms with Gasteiger partial charge in [-0.2, -0.15) is 0 Å². The van der Waals surface area contributed by atoms with Crippen molar-refractivity contribution >= 4 is 54.2 Å². The summed E-state index contributed by atoms with van der Waals surface area (Å²) in [4.78, 5) is 18.5. The summed E-state index contributed by atoms with van der Waals surface area (Å²) in [6, 6.07) is 15.2. The van der Waals surface area contributed by atoms with Crippen LogP contribution in [-0.2, 0) is 19.9 Å². The summed E-state index contributed by atoms with van der Waals surface area (Å²) in [5, 5.41) is 4.26. The van der Waals surface area contributed by atoms with Gasteiger partial charge in [-0.05, 0) is 61.7 Å². The summed E-state index contributed by atoms with van der Waals surface area (Å²) >= 11 is 1.51. The van der Waals surface area contributed by atoms with Crippen molar-refractivity contribution in [2.45, 2.75) is 30.6 Å². The van der Waals surface area contributed by atoms with E-state index in [9.17, 15) is 25.6 Å². The van der Waals surface area contributed by atoms with Crippen LogP contribution in [0.4, 0.5) is 31.8 Å². The molecule has 2 fully saturated rings. The number of benzene rings is 3. The van der Waals surface area contributed by atoms with Gasteiger partial charge in [0.2, 0.25) is 5.95 Å². The summed E-state index contributed by atoms with van der Waals surface area (Å²) in [6.45, 7) is 5.57. The Morgan fingerprint density at radius 1 is 0.944 bits per heavy atom. The average Bonchev–Trinajstić information content (AvgIpc) is 3.88. The Bertz CT molecular complexity index is 2400. The molecule has 3 aromatic carbocycles. The van der Waals surface area contributed by atoms with Gasteiger partial charge in [0.25, 0.3) is 10.0 Å². The van der Waals surface area contributed by atoms with Crippen LogP contribution in [-0.4, -0.2) is 88.5 Å². The van der Waals surface area contributed by atoms with E-state index >= 15 is 0 Å². The van der Waals surface area contributed by atoms with Crippen molar-refractivity contribution in [1.29, 1.82) is 0 Å². The van der Waals surface area contributed by atoms with Gasteiger partial charge in [0.15, 0.2) is 4.90 Å². The molecule has 1 saturated carbocycles. The molecule has 0 amide bonds. The number of sulfonamides is 1. The lowest BCUT2D eigenvalue weighted by atomic mass is 10.1. The highest BCUT2D eigenvalue weighted by molar-refractivity contribution is 7.92. The molecule has 0 radical (unpaired) electrons. The molecular formula is C37H39F2N7O5S3. The number of thiazole rings is 1. The Kier molecular flexibility index (Phi) is 10.6. The molecule has 0 spiro atoms. The Morgan fingerprint density at radius 3 is 2.35 bits per heavy atom. The number of nitrogens with one attached hydrogen (secondary N) is 2. The predicted molar refractivity (Wildman–Crippen MR) is 207 cm³/mol. The molecule has 2 N–H and O–H groups in total. The van der Waals surface area contributed by atoms with Crippen LogP contribution in [0.3, 0.4) is 0 Å². The summed E-state index contributed by atoms with van der Waals surface area (Å²) in [7, 11) is -5.99. The van der Waals surface area contributed by atoms with E-state index < -0.39 is 36.4 Å². The number of nitrogens with zero attached hydrogens (tertiary/aromatic N) is 5. The van der Waals surface area contributed by atoms with Crippen LogP contribution in [0.1, 0.15) is 29.3 Å². The monoisotopic (exact) mass is 795 g/mol. The van der Waals surface area contributed by atoms with Crippen LogP contribution in [0.25, 0.3) is 21.8 Å². The topological polar surface area (TPSA) is 147 Å². The molecule has 1 aliphatic carbocycles. The number of piperazine rings is 1. The van der Waals surface area contributed by atoms with Gasteiger partial charge in [0.1, 0.15) is 27.2 Å². The highest BCUT2D eigenvalue weighted by Crippen LogP contribution is 2.47. The maximum Gasteiger partial charge on any atom is 0.267 e. The third-order valence-electron chi connectivity index (χ3n) is 9.29. The Labute approximate surface area is 317 Å². The first-order valence-electron chi connectivity index (χ1n) is 17.3. The zero-order valence-electron chi connectivity index (χ0n) is 29.8. The number of ether oxygens (including phenoxy) is 1. The summed E-state index contributed by atoms with van der Waals surface area (Å²) in [5.41, 5.74) is 4.64. The van der Waals surface area contributed by atoms with Crippen LogP contribution < -0.4 is 19.7 Å². The molecule has 284 valence electrons. The highest BCUT2D eigenvalue weighted by Gasteiger charge is 2.30. The van der Waals surface area contributed by atoms with E-state index in [1.54, 1.807) is 37.6 Å². The first-order chi connectivity index (χ1) is 25.8. The van der Waals surface area contributed by atoms with E-state index in [-0.39, 0.29) is 11.4 Å². The van der Waals surface area contributed by atoms with Crippen molar-refractivity contribution in [3.8, 4) is 27.6 Å². The summed E-state index contributed by atoms with van der Waals surface area (Å²) in [5.74, 6) is -0.968. The van der Waals surface area contributed by atoms with Crippen molar-refractivity contribution in [3.63, 3.8) is 0 Å². The SMILES string of the molecule is COc1cc(N2CCN(CCS(C)(=O)=O)CC2)c(C)cc1Nc1nccc(-c2sc(C3CC3)nc2-c2cccc(NS(=O)(=O)c3c(F)cccc3F)c2)n1. The lowest BCUT2D eigenvalue weighted by Crippen LogP contribution is -2.47. The third kappa shape index (κ3) is 8.48. The maximum absolute atomic E-state index is 14.4. The fraction of sp³-hybridized carbons (Fsp3) is 0.324. The van der Waals surface area contributed by atoms with Crippen LogP contribution in [0.15, 0.2) is 71.8 Å². The second-order valence-corrected chi connectivity index (χ2v) is 18.3. The lowest BCUT2D eigenvalue weighted by molar-refractivity contribution is 0.272. The van der Waals surface area contributed by atoms with Crippen molar-refractivity contribution in [2.75, 3.05) is 66.8 Å². The average molecular weight is 796 g/mol. The summed E-state index contributed by atoms with van der Waals surface area (Å²) < 4.78 is 86.2. The molecule has 2 aromatic heterocycles. The molecule has 54 heavy (non-hydrogen) atoms. The molecule has 5 aromatic rings. The molecule has 0 atom stereocenters. The Morgan fingerprint density at radius 2 is 1.67 bits per heavy atom. The largest absolute Gasteiger partial charge is 0.494 e. The minimum absolute atomic E-state index is 0.117. The van der Waals surface area contributed by atoms with Crippen LogP contribution in [0.5, 0.6) is 5.75 Å². The quantitative estimate of drug-likeness (QED) is 0.136. The Balaban J connectivity index is 1.13. The number of aryl methyl sites for hydroxylation is 1. The molecule has 2 aliphatic rings. The maximum atomic E-state index is 14.4. The number of halogens is 2. The van der Waals surface area contributed by atoms with Gasteiger partial charge >= 0.3 is 0 Å². The molecule has 12 nitrogen and oxygen atoms in total. The summed E-state index contributed by atoms with van der Waals surface area (Å²) in [6.07, 6.45) is 4.95. The van der Waals surface area contributed by atoms with E-state index in [1.807, 2.05) is 19.1 Å². The van der Waals surface area contributed by atoms with Crippen LogP contribution in [0.2, 0.25) is 0 Å². The first kappa shape index (κ1) is 37.6. The number of anilines is 4. The lowest BCUT2D eigenvalue weighted by Gasteiger charge is -2.37. The fourth-order valence-electron chi connectivity index (χ4n) is 6.34. The minimum atomic E-state index is -4.58. The third-order valence-corrected chi connectivity index (χ3v) is 12.9. The van der Waals surface area contributed by atoms with Gasteiger partial charge in [0, 0.05) is 74.1 Å². The molecular weight excluding hydrogens is 757 g/mol. The van der Waals surface area contributed by atoms with Crippen molar-refractivity contribution in [2.24, 2.45) is 0 Å². The van der Waals surface area contributed by atoms with Crippen molar-refractivity contribution < 1.29 is 30.4 Å². The van der Waals surface area contributed by atoms with Crippen molar-refractivity contribution in [3.05, 3.63) is 89.1 Å². The first-order valence-corrected chi connectivity index (χ1v) is 21.7. The number of hydrogen-bond donors (Lipinski definition) is 2. The smallest absolute Gasteiger partial charge is 0.267 e. The molecule has 1 aliphatic heterocycles. The fourth-order valence-corrected chi connectivity index (χ4v) is 9.35. The number of sulfone groups is 1. The zero-order valence-corrected chi connectivity index (χ0v) is 32.3. The normalized spacial score (nSPS) is 15.3. The van der Waals surface area contributed by atoms with Gasteiger partial charge in [-0.1, -0.05) is 18.2 Å². The van der Waals surface area contributed by atoms with Gasteiger partial charge < -0.3 is 15.0 Å².